The molecule has 16 heavy (non-hydrogen) atoms. The summed E-state index contributed by atoms with van der Waals surface area (Å²) in [6.07, 6.45) is 4.87. The van der Waals surface area contributed by atoms with Gasteiger partial charge in [0.05, 0.1) is 6.10 Å². The third-order valence-electron chi connectivity index (χ3n) is 6.41. The summed E-state index contributed by atoms with van der Waals surface area (Å²) in [5, 5.41) is 10.0. The highest BCUT2D eigenvalue weighted by Gasteiger charge is 2.65. The number of rotatable bonds is 0. The molecule has 3 rings (SSSR count). The second kappa shape index (κ2) is 3.04. The molecular formula is C15H26O. The topological polar surface area (TPSA) is 20.2 Å². The van der Waals surface area contributed by atoms with E-state index >= 15 is 0 Å². The molecule has 92 valence electrons. The molecule has 0 aromatic heterocycles. The van der Waals surface area contributed by atoms with E-state index in [1.54, 1.807) is 0 Å². The van der Waals surface area contributed by atoms with Gasteiger partial charge in [-0.3, -0.25) is 0 Å². The van der Waals surface area contributed by atoms with Crippen molar-refractivity contribution in [3.8, 4) is 0 Å². The Hall–Kier alpha value is -0.0400. The molecule has 0 amide bonds. The van der Waals surface area contributed by atoms with Crippen LogP contribution in [0.15, 0.2) is 0 Å². The van der Waals surface area contributed by atoms with Gasteiger partial charge in [-0.15, -0.1) is 0 Å². The van der Waals surface area contributed by atoms with Crippen LogP contribution >= 0.6 is 0 Å². The van der Waals surface area contributed by atoms with Crippen molar-refractivity contribution in [3.05, 3.63) is 0 Å². The summed E-state index contributed by atoms with van der Waals surface area (Å²) in [5.74, 6) is 3.54. The first-order valence-electron chi connectivity index (χ1n) is 7.02. The van der Waals surface area contributed by atoms with Gasteiger partial charge < -0.3 is 5.11 Å². The quantitative estimate of drug-likeness (QED) is 0.665. The van der Waals surface area contributed by atoms with Crippen LogP contribution in [0.3, 0.4) is 0 Å². The largest absolute Gasteiger partial charge is 0.393 e. The highest BCUT2D eigenvalue weighted by Crippen LogP contribution is 2.71. The standard InChI is InChI=1S/C15H26O/c1-9-5-10(16)7-15(4)8-13-12(6-11(9)15)14(13,2)3/h9-13,16H,5-8H2,1-4H3/t9-,10+,11-,12+,13-,15-/m0/s1. The maximum atomic E-state index is 10.0. The van der Waals surface area contributed by atoms with Crippen molar-refractivity contribution in [2.75, 3.05) is 0 Å². The lowest BCUT2D eigenvalue weighted by atomic mass is 9.56. The highest BCUT2D eigenvalue weighted by molar-refractivity contribution is 5.13. The van der Waals surface area contributed by atoms with Crippen LogP contribution in [-0.2, 0) is 0 Å². The van der Waals surface area contributed by atoms with Crippen molar-refractivity contribution in [3.63, 3.8) is 0 Å². The molecule has 1 heteroatoms. The Balaban J connectivity index is 1.86. The first-order chi connectivity index (χ1) is 7.34. The van der Waals surface area contributed by atoms with Crippen molar-refractivity contribution in [1.29, 1.82) is 0 Å². The number of aliphatic hydroxyl groups excluding tert-OH is 1. The molecule has 0 aromatic carbocycles. The SMILES string of the molecule is C[C@H]1C[C@@H](O)C[C@@]2(C)C[C@H]3[C@@H](C[C@@H]12)C3(C)C. The molecule has 1 nitrogen and oxygen atoms in total. The van der Waals surface area contributed by atoms with E-state index < -0.39 is 0 Å². The minimum Gasteiger partial charge on any atom is -0.393 e. The van der Waals surface area contributed by atoms with E-state index in [-0.39, 0.29) is 6.10 Å². The summed E-state index contributed by atoms with van der Waals surface area (Å²) in [7, 11) is 0. The molecule has 0 heterocycles. The molecule has 3 fully saturated rings. The van der Waals surface area contributed by atoms with Crippen LogP contribution in [0.25, 0.3) is 0 Å². The molecule has 0 radical (unpaired) electrons. The van der Waals surface area contributed by atoms with Gasteiger partial charge >= 0.3 is 0 Å². The van der Waals surface area contributed by atoms with Crippen molar-refractivity contribution in [2.24, 2.45) is 34.5 Å². The van der Waals surface area contributed by atoms with Gasteiger partial charge in [-0.1, -0.05) is 27.7 Å². The number of hydrogen-bond acceptors (Lipinski definition) is 1. The predicted molar refractivity (Wildman–Crippen MR) is 66.0 cm³/mol. The van der Waals surface area contributed by atoms with Gasteiger partial charge in [0.25, 0.3) is 0 Å². The maximum Gasteiger partial charge on any atom is 0.0548 e. The average Bonchev–Trinajstić information content (AvgIpc) is 2.63. The lowest BCUT2D eigenvalue weighted by Crippen LogP contribution is -2.44. The second-order valence-electron chi connectivity index (χ2n) is 7.81. The molecule has 0 spiro atoms. The Labute approximate surface area is 99.6 Å². The third kappa shape index (κ3) is 1.33. The van der Waals surface area contributed by atoms with E-state index in [2.05, 4.69) is 27.7 Å². The molecule has 0 aliphatic heterocycles. The molecule has 3 saturated carbocycles. The molecule has 3 aliphatic carbocycles. The summed E-state index contributed by atoms with van der Waals surface area (Å²) in [4.78, 5) is 0. The molecular weight excluding hydrogens is 196 g/mol. The Morgan fingerprint density at radius 3 is 2.31 bits per heavy atom. The molecule has 0 unspecified atom stereocenters. The van der Waals surface area contributed by atoms with Crippen LogP contribution in [0.2, 0.25) is 0 Å². The summed E-state index contributed by atoms with van der Waals surface area (Å²) >= 11 is 0. The normalized spacial score (nSPS) is 58.7. The molecule has 0 bridgehead atoms. The Morgan fingerprint density at radius 1 is 0.938 bits per heavy atom. The van der Waals surface area contributed by atoms with E-state index in [1.165, 1.54) is 12.8 Å². The first-order valence-corrected chi connectivity index (χ1v) is 7.02. The van der Waals surface area contributed by atoms with E-state index in [1.807, 2.05) is 0 Å². The Bertz CT molecular complexity index is 309. The van der Waals surface area contributed by atoms with E-state index in [4.69, 9.17) is 0 Å². The number of fused-ring (bicyclic) bond motifs is 2. The molecule has 0 aromatic rings. The molecule has 3 aliphatic rings. The van der Waals surface area contributed by atoms with Crippen molar-refractivity contribution in [2.45, 2.75) is 59.5 Å². The highest BCUT2D eigenvalue weighted by atomic mass is 16.3. The van der Waals surface area contributed by atoms with Crippen LogP contribution in [0, 0.1) is 34.5 Å². The van der Waals surface area contributed by atoms with Gasteiger partial charge in [-0.25, -0.2) is 0 Å². The zero-order valence-corrected chi connectivity index (χ0v) is 11.2. The zero-order valence-electron chi connectivity index (χ0n) is 11.2. The fourth-order valence-corrected chi connectivity index (χ4v) is 5.31. The summed E-state index contributed by atoms with van der Waals surface area (Å²) in [6, 6.07) is 0. The Morgan fingerprint density at radius 2 is 1.62 bits per heavy atom. The monoisotopic (exact) mass is 222 g/mol. The third-order valence-corrected chi connectivity index (χ3v) is 6.41. The molecule has 6 atom stereocenters. The average molecular weight is 222 g/mol. The summed E-state index contributed by atoms with van der Waals surface area (Å²) in [5.41, 5.74) is 1.04. The number of hydrogen-bond donors (Lipinski definition) is 1. The van der Waals surface area contributed by atoms with Crippen molar-refractivity contribution >= 4 is 0 Å². The molecule has 1 N–H and O–H groups in total. The lowest BCUT2D eigenvalue weighted by Gasteiger charge is -2.50. The minimum absolute atomic E-state index is 0.0327. The van der Waals surface area contributed by atoms with Crippen LogP contribution in [0.5, 0.6) is 0 Å². The van der Waals surface area contributed by atoms with Crippen molar-refractivity contribution in [1.82, 2.24) is 0 Å². The van der Waals surface area contributed by atoms with E-state index in [0.717, 1.165) is 36.5 Å². The van der Waals surface area contributed by atoms with Gasteiger partial charge in [0, 0.05) is 0 Å². The zero-order chi connectivity index (χ0) is 11.7. The fourth-order valence-electron chi connectivity index (χ4n) is 5.31. The van der Waals surface area contributed by atoms with Crippen LogP contribution in [0.1, 0.15) is 53.4 Å². The first kappa shape index (κ1) is 11.1. The number of aliphatic hydroxyl groups is 1. The van der Waals surface area contributed by atoms with Gasteiger partial charge in [0.1, 0.15) is 0 Å². The van der Waals surface area contributed by atoms with Gasteiger partial charge in [-0.05, 0) is 60.2 Å². The predicted octanol–water partition coefficient (Wildman–Crippen LogP) is 3.47. The summed E-state index contributed by atoms with van der Waals surface area (Å²) in [6.45, 7) is 9.70. The van der Waals surface area contributed by atoms with Gasteiger partial charge in [0.15, 0.2) is 0 Å². The molecule has 0 saturated heterocycles. The van der Waals surface area contributed by atoms with Crippen LogP contribution in [-0.4, -0.2) is 11.2 Å². The van der Waals surface area contributed by atoms with Crippen LogP contribution < -0.4 is 0 Å². The lowest BCUT2D eigenvalue weighted by molar-refractivity contribution is -0.0485. The van der Waals surface area contributed by atoms with Crippen molar-refractivity contribution < 1.29 is 5.11 Å². The minimum atomic E-state index is -0.0327. The van der Waals surface area contributed by atoms with Crippen LogP contribution in [0.4, 0.5) is 0 Å². The van der Waals surface area contributed by atoms with E-state index in [0.29, 0.717) is 10.8 Å². The second-order valence-corrected chi connectivity index (χ2v) is 7.81. The van der Waals surface area contributed by atoms with E-state index in [9.17, 15) is 5.11 Å². The maximum absolute atomic E-state index is 10.0. The smallest absolute Gasteiger partial charge is 0.0548 e. The Kier molecular flexibility index (Phi) is 2.11. The van der Waals surface area contributed by atoms with Gasteiger partial charge in [0.2, 0.25) is 0 Å². The van der Waals surface area contributed by atoms with Gasteiger partial charge in [-0.2, -0.15) is 0 Å². The summed E-state index contributed by atoms with van der Waals surface area (Å²) < 4.78 is 0. The fraction of sp³-hybridized carbons (Fsp3) is 1.00.